The number of nitrogens with one attached hydrogen (secondary N) is 1. The fraction of sp³-hybridized carbons (Fsp3) is 0.700. The predicted octanol–water partition coefficient (Wildman–Crippen LogP) is 1.13. The van der Waals surface area contributed by atoms with E-state index in [0.29, 0.717) is 11.4 Å². The van der Waals surface area contributed by atoms with Crippen LogP contribution in [0.3, 0.4) is 0 Å². The predicted molar refractivity (Wildman–Crippen MR) is 64.6 cm³/mol. The summed E-state index contributed by atoms with van der Waals surface area (Å²) in [7, 11) is 0. The zero-order chi connectivity index (χ0) is 12.3. The topological polar surface area (TPSA) is 80.9 Å². The summed E-state index contributed by atoms with van der Waals surface area (Å²) < 4.78 is 3.82. The van der Waals surface area contributed by atoms with Crippen molar-refractivity contribution < 1.29 is 4.79 Å². The number of hydrogen-bond acceptors (Lipinski definition) is 5. The van der Waals surface area contributed by atoms with Gasteiger partial charge in [-0.15, -0.1) is 5.10 Å². The largest absolute Gasteiger partial charge is 0.345 e. The van der Waals surface area contributed by atoms with Gasteiger partial charge in [0.2, 0.25) is 0 Å². The van der Waals surface area contributed by atoms with Gasteiger partial charge in [-0.3, -0.25) is 4.79 Å². The lowest BCUT2D eigenvalue weighted by Gasteiger charge is -2.23. The molecule has 1 amide bonds. The standard InChI is InChI=1S/C10H18N4OS/c1-6(2)7-8(16-14-13-7)9(15)12-10(3,4)5-11/h6H,5,11H2,1-4H3,(H,12,15). The summed E-state index contributed by atoms with van der Waals surface area (Å²) >= 11 is 1.12. The summed E-state index contributed by atoms with van der Waals surface area (Å²) in [6.45, 7) is 8.13. The first-order chi connectivity index (χ1) is 7.37. The van der Waals surface area contributed by atoms with Gasteiger partial charge in [0, 0.05) is 12.1 Å². The van der Waals surface area contributed by atoms with E-state index in [4.69, 9.17) is 5.73 Å². The van der Waals surface area contributed by atoms with E-state index in [1.165, 1.54) is 0 Å². The van der Waals surface area contributed by atoms with Crippen LogP contribution in [0.5, 0.6) is 0 Å². The highest BCUT2D eigenvalue weighted by atomic mass is 32.1. The normalized spacial score (nSPS) is 11.9. The minimum Gasteiger partial charge on any atom is -0.345 e. The summed E-state index contributed by atoms with van der Waals surface area (Å²) in [6.07, 6.45) is 0. The highest BCUT2D eigenvalue weighted by molar-refractivity contribution is 7.08. The molecule has 0 radical (unpaired) electrons. The molecule has 0 aliphatic rings. The zero-order valence-electron chi connectivity index (χ0n) is 10.1. The molecule has 0 saturated carbocycles. The van der Waals surface area contributed by atoms with Crippen LogP contribution in [0.15, 0.2) is 0 Å². The molecule has 0 aliphatic heterocycles. The minimum atomic E-state index is -0.407. The summed E-state index contributed by atoms with van der Waals surface area (Å²) in [5.74, 6) is 0.0506. The molecular formula is C10H18N4OS. The van der Waals surface area contributed by atoms with Crippen molar-refractivity contribution >= 4 is 17.4 Å². The third-order valence-electron chi connectivity index (χ3n) is 2.23. The van der Waals surface area contributed by atoms with Gasteiger partial charge in [0.15, 0.2) is 0 Å². The number of hydrogen-bond donors (Lipinski definition) is 2. The molecule has 0 unspecified atom stereocenters. The number of amides is 1. The minimum absolute atomic E-state index is 0.144. The number of nitrogens with zero attached hydrogens (tertiary/aromatic N) is 2. The van der Waals surface area contributed by atoms with Crippen LogP contribution in [0.25, 0.3) is 0 Å². The van der Waals surface area contributed by atoms with Crippen molar-refractivity contribution in [1.82, 2.24) is 14.9 Å². The Morgan fingerprint density at radius 3 is 2.69 bits per heavy atom. The van der Waals surface area contributed by atoms with Gasteiger partial charge in [0.1, 0.15) is 4.88 Å². The van der Waals surface area contributed by atoms with Crippen molar-refractivity contribution in [3.8, 4) is 0 Å². The maximum absolute atomic E-state index is 12.0. The quantitative estimate of drug-likeness (QED) is 0.829. The van der Waals surface area contributed by atoms with Crippen molar-refractivity contribution in [2.75, 3.05) is 6.54 Å². The Bertz CT molecular complexity index is 373. The molecule has 1 heterocycles. The lowest BCUT2D eigenvalue weighted by molar-refractivity contribution is 0.0918. The highest BCUT2D eigenvalue weighted by Crippen LogP contribution is 2.20. The first kappa shape index (κ1) is 13.1. The number of nitrogens with two attached hydrogens (primary N) is 1. The second-order valence-electron chi connectivity index (χ2n) is 4.68. The number of carbonyl (C=O) groups excluding carboxylic acids is 1. The van der Waals surface area contributed by atoms with Gasteiger partial charge in [-0.25, -0.2) is 0 Å². The SMILES string of the molecule is CC(C)c1nnsc1C(=O)NC(C)(C)CN. The van der Waals surface area contributed by atoms with Gasteiger partial charge < -0.3 is 11.1 Å². The van der Waals surface area contributed by atoms with Gasteiger partial charge in [-0.2, -0.15) is 0 Å². The van der Waals surface area contributed by atoms with Gasteiger partial charge in [0.25, 0.3) is 5.91 Å². The Labute approximate surface area is 99.6 Å². The van der Waals surface area contributed by atoms with Crippen LogP contribution < -0.4 is 11.1 Å². The number of rotatable bonds is 4. The summed E-state index contributed by atoms with van der Waals surface area (Å²) in [4.78, 5) is 12.5. The Balaban J connectivity index is 2.85. The van der Waals surface area contributed by atoms with Gasteiger partial charge in [-0.1, -0.05) is 18.3 Å². The monoisotopic (exact) mass is 242 g/mol. The fourth-order valence-electron chi connectivity index (χ4n) is 1.15. The molecule has 5 nitrogen and oxygen atoms in total. The maximum Gasteiger partial charge on any atom is 0.265 e. The highest BCUT2D eigenvalue weighted by Gasteiger charge is 2.24. The molecular weight excluding hydrogens is 224 g/mol. The average molecular weight is 242 g/mol. The Morgan fingerprint density at radius 2 is 2.19 bits per heavy atom. The maximum atomic E-state index is 12.0. The zero-order valence-corrected chi connectivity index (χ0v) is 10.9. The van der Waals surface area contributed by atoms with Crippen LogP contribution in [0.1, 0.15) is 49.0 Å². The van der Waals surface area contributed by atoms with Crippen molar-refractivity contribution in [3.63, 3.8) is 0 Å². The fourth-order valence-corrected chi connectivity index (χ4v) is 1.86. The molecule has 0 fully saturated rings. The number of aromatic nitrogens is 2. The molecule has 90 valence electrons. The molecule has 16 heavy (non-hydrogen) atoms. The average Bonchev–Trinajstić information content (AvgIpc) is 2.65. The first-order valence-corrected chi connectivity index (χ1v) is 5.99. The summed E-state index contributed by atoms with van der Waals surface area (Å²) in [6, 6.07) is 0. The van der Waals surface area contributed by atoms with Gasteiger partial charge in [-0.05, 0) is 31.3 Å². The van der Waals surface area contributed by atoms with Crippen LogP contribution in [-0.2, 0) is 0 Å². The van der Waals surface area contributed by atoms with E-state index >= 15 is 0 Å². The van der Waals surface area contributed by atoms with E-state index in [9.17, 15) is 4.79 Å². The molecule has 0 saturated heterocycles. The third kappa shape index (κ3) is 2.99. The molecule has 6 heteroatoms. The van der Waals surface area contributed by atoms with E-state index < -0.39 is 5.54 Å². The van der Waals surface area contributed by atoms with Crippen LogP contribution in [0, 0.1) is 0 Å². The first-order valence-electron chi connectivity index (χ1n) is 5.22. The van der Waals surface area contributed by atoms with Crippen molar-refractivity contribution in [2.24, 2.45) is 5.73 Å². The molecule has 3 N–H and O–H groups in total. The smallest absolute Gasteiger partial charge is 0.265 e. The van der Waals surface area contributed by atoms with Crippen LogP contribution in [-0.4, -0.2) is 27.6 Å². The Morgan fingerprint density at radius 1 is 1.56 bits per heavy atom. The van der Waals surface area contributed by atoms with E-state index in [-0.39, 0.29) is 11.8 Å². The van der Waals surface area contributed by atoms with Crippen molar-refractivity contribution in [3.05, 3.63) is 10.6 Å². The van der Waals surface area contributed by atoms with E-state index in [1.807, 2.05) is 27.7 Å². The molecule has 1 rings (SSSR count). The molecule has 1 aromatic heterocycles. The molecule has 0 aliphatic carbocycles. The van der Waals surface area contributed by atoms with Crippen molar-refractivity contribution in [2.45, 2.75) is 39.2 Å². The lowest BCUT2D eigenvalue weighted by atomic mass is 10.1. The third-order valence-corrected chi connectivity index (χ3v) is 2.97. The van der Waals surface area contributed by atoms with Gasteiger partial charge >= 0.3 is 0 Å². The Kier molecular flexibility index (Phi) is 3.98. The molecule has 1 aromatic rings. The molecule has 0 atom stereocenters. The molecule has 0 spiro atoms. The van der Waals surface area contributed by atoms with Gasteiger partial charge in [0.05, 0.1) is 5.69 Å². The number of carbonyl (C=O) groups is 1. The second-order valence-corrected chi connectivity index (χ2v) is 5.44. The molecule has 0 aromatic carbocycles. The van der Waals surface area contributed by atoms with E-state index in [2.05, 4.69) is 14.9 Å². The van der Waals surface area contributed by atoms with E-state index in [1.54, 1.807) is 0 Å². The van der Waals surface area contributed by atoms with E-state index in [0.717, 1.165) is 17.2 Å². The molecule has 0 bridgehead atoms. The van der Waals surface area contributed by atoms with Crippen LogP contribution in [0.4, 0.5) is 0 Å². The lowest BCUT2D eigenvalue weighted by Crippen LogP contribution is -2.48. The summed E-state index contributed by atoms with van der Waals surface area (Å²) in [5.41, 5.74) is 5.90. The van der Waals surface area contributed by atoms with Crippen LogP contribution in [0.2, 0.25) is 0 Å². The van der Waals surface area contributed by atoms with Crippen molar-refractivity contribution in [1.29, 1.82) is 0 Å². The second kappa shape index (κ2) is 4.88. The summed E-state index contributed by atoms with van der Waals surface area (Å²) in [5, 5.41) is 6.84. The Hall–Kier alpha value is -1.01. The van der Waals surface area contributed by atoms with Crippen LogP contribution >= 0.6 is 11.5 Å².